The number of hydrogen-bond acceptors (Lipinski definition) is 5. The third-order valence-corrected chi connectivity index (χ3v) is 5.08. The Morgan fingerprint density at radius 3 is 2.61 bits per heavy atom. The minimum absolute atomic E-state index is 0.129. The lowest BCUT2D eigenvalue weighted by molar-refractivity contribution is 0.0727. The van der Waals surface area contributed by atoms with E-state index >= 15 is 0 Å². The van der Waals surface area contributed by atoms with Crippen LogP contribution >= 0.6 is 0 Å². The molecule has 1 atom stereocenters. The number of hydrogen-bond donors (Lipinski definition) is 0. The molecule has 0 saturated carbocycles. The number of rotatable bonds is 6. The summed E-state index contributed by atoms with van der Waals surface area (Å²) in [6.07, 6.45) is 6.13. The first-order chi connectivity index (χ1) is 14.9. The average Bonchev–Trinajstić information content (AvgIpc) is 3.45. The van der Waals surface area contributed by atoms with E-state index in [9.17, 15) is 9.18 Å². The molecule has 0 aliphatic rings. The molecule has 1 amide bonds. The number of aryl methyl sites for hydroxylation is 1. The standard InChI is InChI=1S/C22H22FN7O/c1-15-4-7-21(30-25-9-10-26-30)18(12-15)22(31)28(3)16(2)14-29-11-8-20(27-29)19-6-5-17(23)13-24-19/h4-13,16H,14H2,1-3H3/t16-/m0/s1. The summed E-state index contributed by atoms with van der Waals surface area (Å²) in [6.45, 7) is 4.39. The molecule has 0 N–H and O–H groups in total. The van der Waals surface area contributed by atoms with E-state index in [4.69, 9.17) is 0 Å². The van der Waals surface area contributed by atoms with E-state index < -0.39 is 5.82 Å². The Hall–Kier alpha value is -3.88. The van der Waals surface area contributed by atoms with Gasteiger partial charge in [-0.05, 0) is 44.2 Å². The molecule has 8 nitrogen and oxygen atoms in total. The highest BCUT2D eigenvalue weighted by molar-refractivity contribution is 5.98. The van der Waals surface area contributed by atoms with Gasteiger partial charge in [0, 0.05) is 19.3 Å². The van der Waals surface area contributed by atoms with Gasteiger partial charge in [-0.1, -0.05) is 11.6 Å². The van der Waals surface area contributed by atoms with Crippen molar-refractivity contribution in [3.8, 4) is 17.1 Å². The van der Waals surface area contributed by atoms with E-state index in [1.54, 1.807) is 35.1 Å². The van der Waals surface area contributed by atoms with Crippen molar-refractivity contribution in [2.45, 2.75) is 26.4 Å². The van der Waals surface area contributed by atoms with Crippen molar-refractivity contribution in [1.82, 2.24) is 34.7 Å². The van der Waals surface area contributed by atoms with Crippen LogP contribution in [-0.4, -0.2) is 53.7 Å². The minimum Gasteiger partial charge on any atom is -0.337 e. The quantitative estimate of drug-likeness (QED) is 0.480. The van der Waals surface area contributed by atoms with Crippen LogP contribution in [0.3, 0.4) is 0 Å². The largest absolute Gasteiger partial charge is 0.337 e. The second-order valence-corrected chi connectivity index (χ2v) is 7.39. The van der Waals surface area contributed by atoms with E-state index in [-0.39, 0.29) is 11.9 Å². The lowest BCUT2D eigenvalue weighted by Crippen LogP contribution is -2.38. The van der Waals surface area contributed by atoms with Gasteiger partial charge < -0.3 is 4.90 Å². The second kappa shape index (κ2) is 8.47. The van der Waals surface area contributed by atoms with Gasteiger partial charge in [0.2, 0.25) is 0 Å². The lowest BCUT2D eigenvalue weighted by Gasteiger charge is -2.26. The molecule has 0 bridgehead atoms. The average molecular weight is 419 g/mol. The maximum atomic E-state index is 13.3. The summed E-state index contributed by atoms with van der Waals surface area (Å²) in [5.41, 5.74) is 3.37. The van der Waals surface area contributed by atoms with Crippen LogP contribution in [0.2, 0.25) is 0 Å². The van der Waals surface area contributed by atoms with Gasteiger partial charge in [-0.3, -0.25) is 14.5 Å². The second-order valence-electron chi connectivity index (χ2n) is 7.39. The normalized spacial score (nSPS) is 12.0. The molecule has 0 fully saturated rings. The van der Waals surface area contributed by atoms with Crippen LogP contribution in [0.4, 0.5) is 4.39 Å². The molecule has 0 aliphatic heterocycles. The van der Waals surface area contributed by atoms with Crippen LogP contribution in [0.1, 0.15) is 22.8 Å². The molecule has 3 aromatic heterocycles. The summed E-state index contributed by atoms with van der Waals surface area (Å²) < 4.78 is 14.8. The Morgan fingerprint density at radius 1 is 1.13 bits per heavy atom. The fourth-order valence-electron chi connectivity index (χ4n) is 3.25. The Kier molecular flexibility index (Phi) is 5.57. The number of carbonyl (C=O) groups is 1. The van der Waals surface area contributed by atoms with Crippen LogP contribution < -0.4 is 0 Å². The number of amides is 1. The van der Waals surface area contributed by atoms with E-state index in [0.29, 0.717) is 29.2 Å². The third kappa shape index (κ3) is 4.35. The van der Waals surface area contributed by atoms with E-state index in [1.807, 2.05) is 44.3 Å². The molecule has 4 aromatic rings. The number of halogens is 1. The van der Waals surface area contributed by atoms with Crippen molar-refractivity contribution < 1.29 is 9.18 Å². The van der Waals surface area contributed by atoms with Gasteiger partial charge >= 0.3 is 0 Å². The molecule has 9 heteroatoms. The van der Waals surface area contributed by atoms with Crippen LogP contribution in [0.25, 0.3) is 17.1 Å². The van der Waals surface area contributed by atoms with Crippen molar-refractivity contribution in [1.29, 1.82) is 0 Å². The Labute approximate surface area is 179 Å². The molecule has 0 spiro atoms. The molecular formula is C22H22FN7O. The van der Waals surface area contributed by atoms with Crippen molar-refractivity contribution in [3.05, 3.63) is 78.1 Å². The zero-order valence-corrected chi connectivity index (χ0v) is 17.5. The lowest BCUT2D eigenvalue weighted by atomic mass is 10.1. The van der Waals surface area contributed by atoms with E-state index in [1.165, 1.54) is 10.9 Å². The van der Waals surface area contributed by atoms with Crippen molar-refractivity contribution in [3.63, 3.8) is 0 Å². The number of pyridine rings is 1. The van der Waals surface area contributed by atoms with Gasteiger partial charge in [-0.2, -0.15) is 20.1 Å². The topological polar surface area (TPSA) is 81.7 Å². The minimum atomic E-state index is -0.391. The third-order valence-electron chi connectivity index (χ3n) is 5.08. The smallest absolute Gasteiger partial charge is 0.256 e. The van der Waals surface area contributed by atoms with Gasteiger partial charge in [-0.15, -0.1) is 0 Å². The molecule has 0 radical (unpaired) electrons. The highest BCUT2D eigenvalue weighted by Gasteiger charge is 2.22. The fourth-order valence-corrected chi connectivity index (χ4v) is 3.25. The van der Waals surface area contributed by atoms with Crippen LogP contribution in [0, 0.1) is 12.7 Å². The summed E-state index contributed by atoms with van der Waals surface area (Å²) >= 11 is 0. The molecule has 0 unspecified atom stereocenters. The molecule has 0 aliphatic carbocycles. The SMILES string of the molecule is Cc1ccc(-n2nccn2)c(C(=O)N(C)[C@@H](C)Cn2ccc(-c3ccc(F)cn3)n2)c1. The summed E-state index contributed by atoms with van der Waals surface area (Å²) in [6, 6.07) is 10.2. The Bertz CT molecular complexity index is 1190. The zero-order valence-electron chi connectivity index (χ0n) is 17.5. The number of aromatic nitrogens is 6. The molecule has 158 valence electrons. The fraction of sp³-hybridized carbons (Fsp3) is 0.227. The number of carbonyl (C=O) groups excluding carboxylic acids is 1. The zero-order chi connectivity index (χ0) is 22.0. The molecule has 3 heterocycles. The summed E-state index contributed by atoms with van der Waals surface area (Å²) in [5, 5.41) is 12.8. The molecule has 31 heavy (non-hydrogen) atoms. The predicted molar refractivity (Wildman–Crippen MR) is 113 cm³/mol. The van der Waals surface area contributed by atoms with E-state index in [2.05, 4.69) is 20.3 Å². The maximum Gasteiger partial charge on any atom is 0.256 e. The van der Waals surface area contributed by atoms with E-state index in [0.717, 1.165) is 11.8 Å². The van der Waals surface area contributed by atoms with Gasteiger partial charge in [0.05, 0.1) is 42.1 Å². The highest BCUT2D eigenvalue weighted by Crippen LogP contribution is 2.19. The van der Waals surface area contributed by atoms with Crippen molar-refractivity contribution >= 4 is 5.91 Å². The Balaban J connectivity index is 1.51. The number of likely N-dealkylation sites (N-methyl/N-ethyl adjacent to an activating group) is 1. The van der Waals surface area contributed by atoms with Crippen molar-refractivity contribution in [2.75, 3.05) is 7.05 Å². The van der Waals surface area contributed by atoms with Gasteiger partial charge in [0.25, 0.3) is 5.91 Å². The van der Waals surface area contributed by atoms with Crippen molar-refractivity contribution in [2.24, 2.45) is 0 Å². The molecule has 0 saturated heterocycles. The van der Waals surface area contributed by atoms with Crippen LogP contribution in [-0.2, 0) is 6.54 Å². The predicted octanol–water partition coefficient (Wildman–Crippen LogP) is 3.13. The highest BCUT2D eigenvalue weighted by atomic mass is 19.1. The maximum absolute atomic E-state index is 13.3. The summed E-state index contributed by atoms with van der Waals surface area (Å²) in [7, 11) is 1.77. The number of benzene rings is 1. The monoisotopic (exact) mass is 419 g/mol. The Morgan fingerprint density at radius 2 is 1.90 bits per heavy atom. The van der Waals surface area contributed by atoms with Gasteiger partial charge in [0.1, 0.15) is 11.5 Å². The van der Waals surface area contributed by atoms with Crippen LogP contribution in [0.5, 0.6) is 0 Å². The summed E-state index contributed by atoms with van der Waals surface area (Å²) in [5.74, 6) is -0.520. The summed E-state index contributed by atoms with van der Waals surface area (Å²) in [4.78, 5) is 20.5. The van der Waals surface area contributed by atoms with Gasteiger partial charge in [-0.25, -0.2) is 4.39 Å². The first-order valence-electron chi connectivity index (χ1n) is 9.82. The molecular weight excluding hydrogens is 397 g/mol. The molecule has 4 rings (SSSR count). The number of nitrogens with zero attached hydrogens (tertiary/aromatic N) is 7. The van der Waals surface area contributed by atoms with Gasteiger partial charge in [0.15, 0.2) is 0 Å². The first kappa shape index (κ1) is 20.4. The van der Waals surface area contributed by atoms with Crippen LogP contribution in [0.15, 0.2) is 61.2 Å². The first-order valence-corrected chi connectivity index (χ1v) is 9.82. The molecule has 1 aromatic carbocycles.